The van der Waals surface area contributed by atoms with Crippen molar-refractivity contribution in [2.45, 2.75) is 51.6 Å². The molecule has 0 aromatic rings. The number of aliphatic hydroxyl groups excluding tert-OH is 1. The smallest absolute Gasteiger partial charge is 0.223 e. The lowest BCUT2D eigenvalue weighted by atomic mass is 10.1. The molecular formula is C14H28N2O2. The quantitative estimate of drug-likeness (QED) is 0.645. The molecule has 4 nitrogen and oxygen atoms in total. The number of carbonyl (C=O) groups is 1. The van der Waals surface area contributed by atoms with E-state index < -0.39 is 0 Å². The second-order valence-corrected chi connectivity index (χ2v) is 5.57. The van der Waals surface area contributed by atoms with Gasteiger partial charge in [0.25, 0.3) is 0 Å². The summed E-state index contributed by atoms with van der Waals surface area (Å²) in [5.74, 6) is 0.525. The van der Waals surface area contributed by atoms with Gasteiger partial charge in [0.05, 0.1) is 6.10 Å². The molecule has 2 N–H and O–H groups in total. The van der Waals surface area contributed by atoms with Crippen molar-refractivity contribution in [2.75, 3.05) is 26.7 Å². The van der Waals surface area contributed by atoms with Gasteiger partial charge < -0.3 is 15.3 Å². The Kier molecular flexibility index (Phi) is 7.28. The Bertz CT molecular complexity index is 238. The van der Waals surface area contributed by atoms with Crippen LogP contribution in [0.1, 0.15) is 45.4 Å². The summed E-state index contributed by atoms with van der Waals surface area (Å²) >= 11 is 0. The Hall–Kier alpha value is -0.610. The standard InChI is InChI=1S/C14H28N2O2/c1-12(17)8-11-16(2)10-5-9-15-14(18)13-6-3-4-7-13/h12-13,17H,3-11H2,1-2H3,(H,15,18). The van der Waals surface area contributed by atoms with Gasteiger partial charge in [-0.2, -0.15) is 0 Å². The van der Waals surface area contributed by atoms with Crippen molar-refractivity contribution in [3.63, 3.8) is 0 Å². The topological polar surface area (TPSA) is 52.6 Å². The number of carbonyl (C=O) groups excluding carboxylic acids is 1. The third-order valence-electron chi connectivity index (χ3n) is 3.67. The maximum absolute atomic E-state index is 11.7. The minimum atomic E-state index is -0.227. The second kappa shape index (κ2) is 8.48. The molecule has 0 heterocycles. The number of aliphatic hydroxyl groups is 1. The lowest BCUT2D eigenvalue weighted by Crippen LogP contribution is -2.32. The molecule has 0 aliphatic heterocycles. The zero-order chi connectivity index (χ0) is 13.4. The molecule has 1 aliphatic carbocycles. The minimum Gasteiger partial charge on any atom is -0.393 e. The van der Waals surface area contributed by atoms with Gasteiger partial charge in [-0.1, -0.05) is 12.8 Å². The lowest BCUT2D eigenvalue weighted by molar-refractivity contribution is -0.124. The van der Waals surface area contributed by atoms with Crippen LogP contribution >= 0.6 is 0 Å². The zero-order valence-corrected chi connectivity index (χ0v) is 11.8. The van der Waals surface area contributed by atoms with Crippen molar-refractivity contribution in [1.29, 1.82) is 0 Å². The van der Waals surface area contributed by atoms with E-state index in [-0.39, 0.29) is 17.9 Å². The Morgan fingerprint density at radius 2 is 2.06 bits per heavy atom. The van der Waals surface area contributed by atoms with Gasteiger partial charge in [-0.3, -0.25) is 4.79 Å². The summed E-state index contributed by atoms with van der Waals surface area (Å²) in [6, 6.07) is 0. The molecule has 1 saturated carbocycles. The van der Waals surface area contributed by atoms with E-state index in [1.54, 1.807) is 0 Å². The van der Waals surface area contributed by atoms with Crippen LogP contribution in [-0.2, 0) is 4.79 Å². The lowest BCUT2D eigenvalue weighted by Gasteiger charge is -2.17. The van der Waals surface area contributed by atoms with E-state index in [2.05, 4.69) is 17.3 Å². The van der Waals surface area contributed by atoms with E-state index in [0.29, 0.717) is 0 Å². The Balaban J connectivity index is 1.98. The highest BCUT2D eigenvalue weighted by atomic mass is 16.3. The fraction of sp³-hybridized carbons (Fsp3) is 0.929. The molecule has 18 heavy (non-hydrogen) atoms. The van der Waals surface area contributed by atoms with Gasteiger partial charge in [0, 0.05) is 19.0 Å². The molecule has 1 fully saturated rings. The summed E-state index contributed by atoms with van der Waals surface area (Å²) in [5.41, 5.74) is 0. The van der Waals surface area contributed by atoms with Crippen LogP contribution in [-0.4, -0.2) is 48.7 Å². The van der Waals surface area contributed by atoms with E-state index in [9.17, 15) is 9.90 Å². The Morgan fingerprint density at radius 1 is 1.39 bits per heavy atom. The van der Waals surface area contributed by atoms with Crippen LogP contribution < -0.4 is 5.32 Å². The van der Waals surface area contributed by atoms with Gasteiger partial charge in [-0.05, 0) is 46.2 Å². The number of rotatable bonds is 8. The summed E-state index contributed by atoms with van der Waals surface area (Å²) < 4.78 is 0. The van der Waals surface area contributed by atoms with Gasteiger partial charge in [0.1, 0.15) is 0 Å². The van der Waals surface area contributed by atoms with E-state index in [4.69, 9.17) is 0 Å². The second-order valence-electron chi connectivity index (χ2n) is 5.57. The number of nitrogens with one attached hydrogen (secondary N) is 1. The van der Waals surface area contributed by atoms with Gasteiger partial charge in [-0.25, -0.2) is 0 Å². The molecular weight excluding hydrogens is 228 g/mol. The molecule has 4 heteroatoms. The first-order chi connectivity index (χ1) is 8.59. The minimum absolute atomic E-state index is 0.227. The van der Waals surface area contributed by atoms with E-state index in [0.717, 1.165) is 45.3 Å². The van der Waals surface area contributed by atoms with Crippen LogP contribution in [0.4, 0.5) is 0 Å². The van der Waals surface area contributed by atoms with Crippen molar-refractivity contribution in [1.82, 2.24) is 10.2 Å². The molecule has 0 aromatic carbocycles. The average molecular weight is 256 g/mol. The normalized spacial score (nSPS) is 18.2. The van der Waals surface area contributed by atoms with Gasteiger partial charge in [0.15, 0.2) is 0 Å². The molecule has 0 radical (unpaired) electrons. The first kappa shape index (κ1) is 15.4. The van der Waals surface area contributed by atoms with Crippen LogP contribution in [0.3, 0.4) is 0 Å². The van der Waals surface area contributed by atoms with Crippen LogP contribution in [0.2, 0.25) is 0 Å². The molecule has 1 amide bonds. The molecule has 1 unspecified atom stereocenters. The van der Waals surface area contributed by atoms with Gasteiger partial charge in [0.2, 0.25) is 5.91 Å². The fourth-order valence-electron chi connectivity index (χ4n) is 2.41. The molecule has 1 rings (SSSR count). The maximum Gasteiger partial charge on any atom is 0.223 e. The summed E-state index contributed by atoms with van der Waals surface area (Å²) in [6.07, 6.45) is 6.12. The Morgan fingerprint density at radius 3 is 2.67 bits per heavy atom. The summed E-state index contributed by atoms with van der Waals surface area (Å²) in [4.78, 5) is 14.0. The summed E-state index contributed by atoms with van der Waals surface area (Å²) in [6.45, 7) is 4.47. The number of hydrogen-bond donors (Lipinski definition) is 2. The summed E-state index contributed by atoms with van der Waals surface area (Å²) in [5, 5.41) is 12.2. The largest absolute Gasteiger partial charge is 0.393 e. The van der Waals surface area contributed by atoms with Crippen LogP contribution in [0.5, 0.6) is 0 Å². The van der Waals surface area contributed by atoms with Crippen molar-refractivity contribution in [2.24, 2.45) is 5.92 Å². The van der Waals surface area contributed by atoms with E-state index >= 15 is 0 Å². The third kappa shape index (κ3) is 6.36. The van der Waals surface area contributed by atoms with Crippen molar-refractivity contribution >= 4 is 5.91 Å². The average Bonchev–Trinajstić information content (AvgIpc) is 2.85. The highest BCUT2D eigenvalue weighted by molar-refractivity contribution is 5.78. The maximum atomic E-state index is 11.7. The fourth-order valence-corrected chi connectivity index (χ4v) is 2.41. The molecule has 0 spiro atoms. The highest BCUT2D eigenvalue weighted by Crippen LogP contribution is 2.24. The Labute approximate surface area is 111 Å². The van der Waals surface area contributed by atoms with Gasteiger partial charge in [-0.15, -0.1) is 0 Å². The molecule has 0 aromatic heterocycles. The molecule has 0 bridgehead atoms. The monoisotopic (exact) mass is 256 g/mol. The molecule has 0 saturated heterocycles. The highest BCUT2D eigenvalue weighted by Gasteiger charge is 2.21. The van der Waals surface area contributed by atoms with Crippen molar-refractivity contribution < 1.29 is 9.90 Å². The third-order valence-corrected chi connectivity index (χ3v) is 3.67. The number of amides is 1. The van der Waals surface area contributed by atoms with Crippen LogP contribution in [0.25, 0.3) is 0 Å². The number of hydrogen-bond acceptors (Lipinski definition) is 3. The molecule has 106 valence electrons. The predicted octanol–water partition coefficient (Wildman–Crippen LogP) is 1.39. The van der Waals surface area contributed by atoms with Crippen molar-refractivity contribution in [3.05, 3.63) is 0 Å². The first-order valence-corrected chi connectivity index (χ1v) is 7.24. The van der Waals surface area contributed by atoms with E-state index in [1.807, 2.05) is 6.92 Å². The SMILES string of the molecule is CC(O)CCN(C)CCCNC(=O)C1CCCC1. The van der Waals surface area contributed by atoms with Crippen LogP contribution in [0.15, 0.2) is 0 Å². The van der Waals surface area contributed by atoms with Gasteiger partial charge >= 0.3 is 0 Å². The first-order valence-electron chi connectivity index (χ1n) is 7.24. The predicted molar refractivity (Wildman–Crippen MR) is 73.4 cm³/mol. The molecule has 1 aliphatic rings. The number of nitrogens with zero attached hydrogens (tertiary/aromatic N) is 1. The van der Waals surface area contributed by atoms with Crippen molar-refractivity contribution in [3.8, 4) is 0 Å². The molecule has 1 atom stereocenters. The zero-order valence-electron chi connectivity index (χ0n) is 11.8. The van der Waals surface area contributed by atoms with Crippen LogP contribution in [0, 0.1) is 5.92 Å². The summed E-state index contributed by atoms with van der Waals surface area (Å²) in [7, 11) is 2.06. The van der Waals surface area contributed by atoms with E-state index in [1.165, 1.54) is 12.8 Å².